The smallest absolute Gasteiger partial charge is 0.275 e. The standard InChI is InChI=1S/C22H19N5O/c1-2-27(17-10-4-3-5-11-17)20-15-24-19(14-25-20)22(28)26-18-12-6-8-16-9-7-13-23-21(16)18/h3-15H,2H2,1H3,(H,26,28). The summed E-state index contributed by atoms with van der Waals surface area (Å²) >= 11 is 0. The van der Waals surface area contributed by atoms with Crippen LogP contribution in [0.2, 0.25) is 0 Å². The molecule has 6 nitrogen and oxygen atoms in total. The molecule has 138 valence electrons. The molecule has 0 saturated carbocycles. The zero-order valence-electron chi connectivity index (χ0n) is 15.4. The van der Waals surface area contributed by atoms with E-state index in [4.69, 9.17) is 0 Å². The second-order valence-electron chi connectivity index (χ2n) is 6.17. The molecule has 1 amide bonds. The zero-order chi connectivity index (χ0) is 19.3. The molecule has 0 aliphatic carbocycles. The Morgan fingerprint density at radius 1 is 0.929 bits per heavy atom. The van der Waals surface area contributed by atoms with E-state index in [1.807, 2.05) is 72.5 Å². The van der Waals surface area contributed by atoms with Gasteiger partial charge in [-0.3, -0.25) is 9.78 Å². The number of pyridine rings is 1. The molecule has 2 heterocycles. The first-order valence-electron chi connectivity index (χ1n) is 9.06. The van der Waals surface area contributed by atoms with E-state index in [0.717, 1.165) is 23.1 Å². The van der Waals surface area contributed by atoms with Crippen LogP contribution in [0, 0.1) is 0 Å². The lowest BCUT2D eigenvalue weighted by Gasteiger charge is -2.21. The number of carbonyl (C=O) groups is 1. The van der Waals surface area contributed by atoms with E-state index in [1.54, 1.807) is 12.4 Å². The number of anilines is 3. The van der Waals surface area contributed by atoms with E-state index in [1.165, 1.54) is 6.20 Å². The molecule has 0 fully saturated rings. The van der Waals surface area contributed by atoms with E-state index < -0.39 is 0 Å². The fourth-order valence-corrected chi connectivity index (χ4v) is 3.05. The third-order valence-electron chi connectivity index (χ3n) is 4.41. The molecule has 2 aromatic carbocycles. The maximum absolute atomic E-state index is 12.6. The summed E-state index contributed by atoms with van der Waals surface area (Å²) in [4.78, 5) is 27.8. The molecule has 0 unspecified atom stereocenters. The van der Waals surface area contributed by atoms with Crippen LogP contribution < -0.4 is 10.2 Å². The number of hydrogen-bond acceptors (Lipinski definition) is 5. The van der Waals surface area contributed by atoms with Crippen LogP contribution in [-0.4, -0.2) is 27.4 Å². The summed E-state index contributed by atoms with van der Waals surface area (Å²) in [6, 6.07) is 19.4. The highest BCUT2D eigenvalue weighted by Gasteiger charge is 2.13. The molecular formula is C22H19N5O. The first kappa shape index (κ1) is 17.6. The van der Waals surface area contributed by atoms with Crippen molar-refractivity contribution in [2.75, 3.05) is 16.8 Å². The molecular weight excluding hydrogens is 350 g/mol. The maximum Gasteiger partial charge on any atom is 0.275 e. The average molecular weight is 369 g/mol. The highest BCUT2D eigenvalue weighted by atomic mass is 16.1. The molecule has 0 bridgehead atoms. The fourth-order valence-electron chi connectivity index (χ4n) is 3.05. The van der Waals surface area contributed by atoms with Crippen LogP contribution >= 0.6 is 0 Å². The molecule has 0 spiro atoms. The third-order valence-corrected chi connectivity index (χ3v) is 4.41. The Bertz CT molecular complexity index is 1090. The van der Waals surface area contributed by atoms with E-state index in [2.05, 4.69) is 20.3 Å². The van der Waals surface area contributed by atoms with Gasteiger partial charge in [0, 0.05) is 23.8 Å². The van der Waals surface area contributed by atoms with Gasteiger partial charge in [-0.2, -0.15) is 0 Å². The number of para-hydroxylation sites is 2. The molecule has 4 aromatic rings. The van der Waals surface area contributed by atoms with Gasteiger partial charge < -0.3 is 10.2 Å². The van der Waals surface area contributed by atoms with Crippen LogP contribution in [0.4, 0.5) is 17.2 Å². The largest absolute Gasteiger partial charge is 0.325 e. The number of nitrogens with one attached hydrogen (secondary N) is 1. The van der Waals surface area contributed by atoms with Gasteiger partial charge in [0.05, 0.1) is 23.6 Å². The van der Waals surface area contributed by atoms with Crippen molar-refractivity contribution in [1.29, 1.82) is 0 Å². The average Bonchev–Trinajstić information content (AvgIpc) is 2.76. The summed E-state index contributed by atoms with van der Waals surface area (Å²) in [5.74, 6) is 0.372. The molecule has 4 rings (SSSR count). The topological polar surface area (TPSA) is 71.0 Å². The second-order valence-corrected chi connectivity index (χ2v) is 6.17. The minimum absolute atomic E-state index is 0.251. The van der Waals surface area contributed by atoms with Gasteiger partial charge in [0.15, 0.2) is 5.82 Å². The number of nitrogens with zero attached hydrogens (tertiary/aromatic N) is 4. The minimum atomic E-state index is -0.319. The van der Waals surface area contributed by atoms with Crippen molar-refractivity contribution in [2.24, 2.45) is 0 Å². The number of carbonyl (C=O) groups excluding carboxylic acids is 1. The molecule has 6 heteroatoms. The monoisotopic (exact) mass is 369 g/mol. The SMILES string of the molecule is CCN(c1ccccc1)c1cnc(C(=O)Nc2cccc3cccnc23)cn1. The summed E-state index contributed by atoms with van der Waals surface area (Å²) in [7, 11) is 0. The van der Waals surface area contributed by atoms with E-state index in [9.17, 15) is 4.79 Å². The van der Waals surface area contributed by atoms with Crippen LogP contribution in [0.15, 0.2) is 79.3 Å². The highest BCUT2D eigenvalue weighted by Crippen LogP contribution is 2.23. The van der Waals surface area contributed by atoms with E-state index >= 15 is 0 Å². The summed E-state index contributed by atoms with van der Waals surface area (Å²) in [6.07, 6.45) is 4.82. The number of hydrogen-bond donors (Lipinski definition) is 1. The number of benzene rings is 2. The minimum Gasteiger partial charge on any atom is -0.325 e. The number of fused-ring (bicyclic) bond motifs is 1. The number of rotatable bonds is 5. The predicted molar refractivity (Wildman–Crippen MR) is 111 cm³/mol. The lowest BCUT2D eigenvalue weighted by molar-refractivity contribution is 0.102. The Hall–Kier alpha value is -3.80. The van der Waals surface area contributed by atoms with Crippen LogP contribution in [-0.2, 0) is 0 Å². The Morgan fingerprint density at radius 2 is 1.75 bits per heavy atom. The van der Waals surface area contributed by atoms with Crippen molar-refractivity contribution in [3.63, 3.8) is 0 Å². The molecule has 28 heavy (non-hydrogen) atoms. The zero-order valence-corrected chi connectivity index (χ0v) is 15.4. The van der Waals surface area contributed by atoms with Gasteiger partial charge in [-0.05, 0) is 31.2 Å². The fraction of sp³-hybridized carbons (Fsp3) is 0.0909. The van der Waals surface area contributed by atoms with Crippen molar-refractivity contribution < 1.29 is 4.79 Å². The molecule has 0 saturated heterocycles. The molecule has 0 radical (unpaired) electrons. The molecule has 1 N–H and O–H groups in total. The highest BCUT2D eigenvalue weighted by molar-refractivity contribution is 6.07. The van der Waals surface area contributed by atoms with Gasteiger partial charge in [0.25, 0.3) is 5.91 Å². The lowest BCUT2D eigenvalue weighted by Crippen LogP contribution is -2.19. The Labute approximate surface area is 162 Å². The third kappa shape index (κ3) is 3.53. The van der Waals surface area contributed by atoms with Gasteiger partial charge in [0.1, 0.15) is 5.69 Å². The summed E-state index contributed by atoms with van der Waals surface area (Å²) in [6.45, 7) is 2.79. The Balaban J connectivity index is 1.56. The van der Waals surface area contributed by atoms with Gasteiger partial charge in [-0.25, -0.2) is 9.97 Å². The first-order chi connectivity index (χ1) is 13.8. The van der Waals surface area contributed by atoms with Crippen molar-refractivity contribution in [2.45, 2.75) is 6.92 Å². The van der Waals surface area contributed by atoms with E-state index in [0.29, 0.717) is 11.5 Å². The molecule has 0 aliphatic heterocycles. The normalized spacial score (nSPS) is 10.6. The number of aromatic nitrogens is 3. The molecule has 0 aliphatic rings. The summed E-state index contributed by atoms with van der Waals surface area (Å²) < 4.78 is 0. The molecule has 2 aromatic heterocycles. The maximum atomic E-state index is 12.6. The Kier molecular flexibility index (Phi) is 4.93. The van der Waals surface area contributed by atoms with Gasteiger partial charge in [-0.1, -0.05) is 36.4 Å². The summed E-state index contributed by atoms with van der Waals surface area (Å²) in [5.41, 5.74) is 2.66. The van der Waals surface area contributed by atoms with Crippen LogP contribution in [0.3, 0.4) is 0 Å². The van der Waals surface area contributed by atoms with Crippen LogP contribution in [0.1, 0.15) is 17.4 Å². The second kappa shape index (κ2) is 7.84. The van der Waals surface area contributed by atoms with Crippen LogP contribution in [0.5, 0.6) is 0 Å². The Morgan fingerprint density at radius 3 is 2.50 bits per heavy atom. The van der Waals surface area contributed by atoms with Gasteiger partial charge in [0.2, 0.25) is 0 Å². The van der Waals surface area contributed by atoms with Crippen molar-refractivity contribution in [1.82, 2.24) is 15.0 Å². The van der Waals surface area contributed by atoms with Gasteiger partial charge in [-0.15, -0.1) is 0 Å². The van der Waals surface area contributed by atoms with Crippen molar-refractivity contribution in [3.8, 4) is 0 Å². The molecule has 0 atom stereocenters. The predicted octanol–water partition coefficient (Wildman–Crippen LogP) is 4.44. The first-order valence-corrected chi connectivity index (χ1v) is 9.06. The number of amides is 1. The lowest BCUT2D eigenvalue weighted by atomic mass is 10.2. The van der Waals surface area contributed by atoms with Crippen LogP contribution in [0.25, 0.3) is 10.9 Å². The van der Waals surface area contributed by atoms with E-state index in [-0.39, 0.29) is 11.6 Å². The summed E-state index contributed by atoms with van der Waals surface area (Å²) in [5, 5.41) is 3.84. The quantitative estimate of drug-likeness (QED) is 0.563. The van der Waals surface area contributed by atoms with Crippen molar-refractivity contribution >= 4 is 34.0 Å². The van der Waals surface area contributed by atoms with Crippen molar-refractivity contribution in [3.05, 3.63) is 84.9 Å². The van der Waals surface area contributed by atoms with Gasteiger partial charge >= 0.3 is 0 Å².